The zero-order valence-corrected chi connectivity index (χ0v) is 16.7. The summed E-state index contributed by atoms with van der Waals surface area (Å²) in [4.78, 5) is 27.4. The highest BCUT2D eigenvalue weighted by Crippen LogP contribution is 2.23. The number of carbonyl (C=O) groups is 2. The Morgan fingerprint density at radius 3 is 2.56 bits per heavy atom. The average molecular weight is 391 g/mol. The van der Waals surface area contributed by atoms with Gasteiger partial charge in [-0.3, -0.25) is 4.79 Å². The number of rotatable bonds is 10. The third-order valence-corrected chi connectivity index (χ3v) is 4.87. The number of hydrogen-bond acceptors (Lipinski definition) is 5. The van der Waals surface area contributed by atoms with Gasteiger partial charge in [-0.2, -0.15) is 11.8 Å². The molecule has 0 fully saturated rings. The number of thioether (sulfide) groups is 1. The number of amides is 1. The second-order valence-corrected chi connectivity index (χ2v) is 7.62. The van der Waals surface area contributed by atoms with Crippen molar-refractivity contribution in [3.63, 3.8) is 0 Å². The SMILES string of the molecule is CSCCC(NC(=O)CCc1ncc(-c2ccc(C(C)C)cc2)o1)C(=O)O. The van der Waals surface area contributed by atoms with Crippen molar-refractivity contribution < 1.29 is 19.1 Å². The van der Waals surface area contributed by atoms with Crippen molar-refractivity contribution in [2.45, 2.75) is 45.1 Å². The van der Waals surface area contributed by atoms with Crippen LogP contribution >= 0.6 is 11.8 Å². The van der Waals surface area contributed by atoms with Gasteiger partial charge in [-0.1, -0.05) is 38.1 Å². The Hall–Kier alpha value is -2.28. The number of carboxylic acid groups (broad SMARTS) is 1. The van der Waals surface area contributed by atoms with Crippen LogP contribution in [0.1, 0.15) is 44.1 Å². The van der Waals surface area contributed by atoms with Gasteiger partial charge in [0, 0.05) is 18.4 Å². The van der Waals surface area contributed by atoms with E-state index in [1.807, 2.05) is 18.4 Å². The van der Waals surface area contributed by atoms with Gasteiger partial charge < -0.3 is 14.8 Å². The van der Waals surface area contributed by atoms with Gasteiger partial charge in [-0.15, -0.1) is 0 Å². The molecule has 0 radical (unpaired) electrons. The van der Waals surface area contributed by atoms with E-state index in [1.54, 1.807) is 18.0 Å². The number of carbonyl (C=O) groups excluding carboxylic acids is 1. The molecule has 0 saturated heterocycles. The summed E-state index contributed by atoms with van der Waals surface area (Å²) in [6.07, 6.45) is 4.41. The van der Waals surface area contributed by atoms with E-state index < -0.39 is 12.0 Å². The van der Waals surface area contributed by atoms with Gasteiger partial charge in [0.05, 0.1) is 6.20 Å². The van der Waals surface area contributed by atoms with Crippen molar-refractivity contribution >= 4 is 23.6 Å². The number of carboxylic acids is 1. The standard InChI is InChI=1S/C20H26N2O4S/c1-13(2)14-4-6-15(7-5-14)17-12-21-19(26-17)9-8-18(23)22-16(20(24)25)10-11-27-3/h4-7,12-13,16H,8-11H2,1-3H3,(H,22,23)(H,24,25). The molecule has 2 N–H and O–H groups in total. The van der Waals surface area contributed by atoms with Crippen LogP contribution in [-0.4, -0.2) is 40.0 Å². The van der Waals surface area contributed by atoms with Gasteiger partial charge in [0.1, 0.15) is 6.04 Å². The second-order valence-electron chi connectivity index (χ2n) is 6.63. The maximum absolute atomic E-state index is 12.0. The lowest BCUT2D eigenvalue weighted by atomic mass is 10.0. The van der Waals surface area contributed by atoms with E-state index in [1.165, 1.54) is 5.56 Å². The van der Waals surface area contributed by atoms with Crippen LogP contribution in [0.15, 0.2) is 34.9 Å². The van der Waals surface area contributed by atoms with Crippen LogP contribution in [0.4, 0.5) is 0 Å². The molecule has 1 aromatic carbocycles. The molecule has 1 unspecified atom stereocenters. The fourth-order valence-electron chi connectivity index (χ4n) is 2.57. The summed E-state index contributed by atoms with van der Waals surface area (Å²) in [6.45, 7) is 4.28. The second kappa shape index (κ2) is 10.2. The topological polar surface area (TPSA) is 92.4 Å². The maximum atomic E-state index is 12.0. The minimum Gasteiger partial charge on any atom is -0.480 e. The molecular formula is C20H26N2O4S. The third-order valence-electron chi connectivity index (χ3n) is 4.23. The zero-order valence-electron chi connectivity index (χ0n) is 15.9. The Morgan fingerprint density at radius 2 is 1.96 bits per heavy atom. The van der Waals surface area contributed by atoms with Crippen molar-refractivity contribution in [3.8, 4) is 11.3 Å². The normalized spacial score (nSPS) is 12.1. The molecule has 2 rings (SSSR count). The zero-order chi connectivity index (χ0) is 19.8. The summed E-state index contributed by atoms with van der Waals surface area (Å²) < 4.78 is 5.73. The molecule has 0 spiro atoms. The molecule has 2 aromatic rings. The van der Waals surface area contributed by atoms with Crippen molar-refractivity contribution in [3.05, 3.63) is 41.9 Å². The quantitative estimate of drug-likeness (QED) is 0.642. The monoisotopic (exact) mass is 390 g/mol. The molecule has 146 valence electrons. The van der Waals surface area contributed by atoms with E-state index in [9.17, 15) is 9.59 Å². The Morgan fingerprint density at radius 1 is 1.26 bits per heavy atom. The Kier molecular flexibility index (Phi) is 7.91. The van der Waals surface area contributed by atoms with Crippen LogP contribution in [0.5, 0.6) is 0 Å². The van der Waals surface area contributed by atoms with Crippen molar-refractivity contribution in [1.82, 2.24) is 10.3 Å². The summed E-state index contributed by atoms with van der Waals surface area (Å²) in [6, 6.07) is 7.27. The predicted molar refractivity (Wildman–Crippen MR) is 107 cm³/mol. The van der Waals surface area contributed by atoms with Gasteiger partial charge in [0.15, 0.2) is 11.7 Å². The lowest BCUT2D eigenvalue weighted by Crippen LogP contribution is -2.41. The number of hydrogen-bond donors (Lipinski definition) is 2. The molecule has 0 bridgehead atoms. The third kappa shape index (κ3) is 6.43. The van der Waals surface area contributed by atoms with E-state index in [0.717, 1.165) is 5.56 Å². The number of aliphatic carboxylic acids is 1. The molecule has 0 aliphatic rings. The van der Waals surface area contributed by atoms with Gasteiger partial charge in [0.2, 0.25) is 5.91 Å². The van der Waals surface area contributed by atoms with E-state index >= 15 is 0 Å². The molecule has 6 nitrogen and oxygen atoms in total. The molecule has 1 heterocycles. The molecule has 0 aliphatic carbocycles. The molecule has 1 amide bonds. The number of benzene rings is 1. The Bertz CT molecular complexity index is 756. The van der Waals surface area contributed by atoms with Crippen molar-refractivity contribution in [2.75, 3.05) is 12.0 Å². The van der Waals surface area contributed by atoms with E-state index in [0.29, 0.717) is 36.2 Å². The molecule has 0 saturated carbocycles. The number of nitrogens with one attached hydrogen (secondary N) is 1. The highest BCUT2D eigenvalue weighted by atomic mass is 32.2. The summed E-state index contributed by atoms with van der Waals surface area (Å²) in [7, 11) is 0. The summed E-state index contributed by atoms with van der Waals surface area (Å²) >= 11 is 1.55. The van der Waals surface area contributed by atoms with Crippen molar-refractivity contribution in [1.29, 1.82) is 0 Å². The minimum atomic E-state index is -1.01. The van der Waals surface area contributed by atoms with Crippen LogP contribution in [0.25, 0.3) is 11.3 Å². The Balaban J connectivity index is 1.89. The number of oxazole rings is 1. The highest BCUT2D eigenvalue weighted by Gasteiger charge is 2.19. The van der Waals surface area contributed by atoms with Gasteiger partial charge in [-0.05, 0) is 29.9 Å². The van der Waals surface area contributed by atoms with Crippen molar-refractivity contribution in [2.24, 2.45) is 0 Å². The van der Waals surface area contributed by atoms with Gasteiger partial charge >= 0.3 is 5.97 Å². The first-order valence-corrected chi connectivity index (χ1v) is 10.4. The van der Waals surface area contributed by atoms with Crippen LogP contribution in [0, 0.1) is 0 Å². The van der Waals surface area contributed by atoms with E-state index in [4.69, 9.17) is 9.52 Å². The smallest absolute Gasteiger partial charge is 0.326 e. The van der Waals surface area contributed by atoms with E-state index in [2.05, 4.69) is 36.3 Å². The largest absolute Gasteiger partial charge is 0.480 e. The lowest BCUT2D eigenvalue weighted by molar-refractivity contribution is -0.141. The van der Waals surface area contributed by atoms with Crippen LogP contribution in [0.2, 0.25) is 0 Å². The van der Waals surface area contributed by atoms with E-state index in [-0.39, 0.29) is 12.3 Å². The molecule has 1 atom stereocenters. The van der Waals surface area contributed by atoms with Crippen LogP contribution in [0.3, 0.4) is 0 Å². The summed E-state index contributed by atoms with van der Waals surface area (Å²) in [5, 5.41) is 11.7. The van der Waals surface area contributed by atoms with Crippen LogP contribution in [-0.2, 0) is 16.0 Å². The summed E-state index contributed by atoms with van der Waals surface area (Å²) in [5.41, 5.74) is 2.19. The highest BCUT2D eigenvalue weighted by molar-refractivity contribution is 7.98. The predicted octanol–water partition coefficient (Wildman–Crippen LogP) is 3.72. The first-order chi connectivity index (χ1) is 12.9. The maximum Gasteiger partial charge on any atom is 0.326 e. The first kappa shape index (κ1) is 21.0. The van der Waals surface area contributed by atoms with Gasteiger partial charge in [-0.25, -0.2) is 9.78 Å². The average Bonchev–Trinajstić information content (AvgIpc) is 3.12. The number of nitrogens with zero attached hydrogens (tertiary/aromatic N) is 1. The molecule has 0 aliphatic heterocycles. The molecule has 27 heavy (non-hydrogen) atoms. The molecule has 7 heteroatoms. The first-order valence-electron chi connectivity index (χ1n) is 8.96. The minimum absolute atomic E-state index is 0.134. The fourth-order valence-corrected chi connectivity index (χ4v) is 3.04. The summed E-state index contributed by atoms with van der Waals surface area (Å²) in [5.74, 6) is 0.933. The lowest BCUT2D eigenvalue weighted by Gasteiger charge is -2.13. The number of aryl methyl sites for hydroxylation is 1. The Labute approximate surface area is 163 Å². The number of aromatic nitrogens is 1. The molecule has 1 aromatic heterocycles. The van der Waals surface area contributed by atoms with Gasteiger partial charge in [0.25, 0.3) is 0 Å². The molecular weight excluding hydrogens is 364 g/mol. The fraction of sp³-hybridized carbons (Fsp3) is 0.450. The van der Waals surface area contributed by atoms with Crippen LogP contribution < -0.4 is 5.32 Å².